The summed E-state index contributed by atoms with van der Waals surface area (Å²) in [4.78, 5) is 9.83. The van der Waals surface area contributed by atoms with Crippen LogP contribution in [0.25, 0.3) is 0 Å². The van der Waals surface area contributed by atoms with Gasteiger partial charge in [0.05, 0.1) is 4.92 Å². The van der Waals surface area contributed by atoms with Crippen molar-refractivity contribution >= 4 is 6.34 Å². The van der Waals surface area contributed by atoms with Gasteiger partial charge >= 0.3 is 6.29 Å². The van der Waals surface area contributed by atoms with E-state index in [2.05, 4.69) is 12.0 Å². The van der Waals surface area contributed by atoms with E-state index in [0.717, 1.165) is 37.0 Å². The standard InChI is InChI=1S/C8H15FN4O2/c1-2-3-4-5-6-12-8(13(14)15)11(9)7-10-12/h7-8H,2-6H2,1H3. The smallest absolute Gasteiger partial charge is 0.261 e. The van der Waals surface area contributed by atoms with Gasteiger partial charge in [0.15, 0.2) is 6.34 Å². The van der Waals surface area contributed by atoms with Gasteiger partial charge in [-0.05, 0) is 6.42 Å². The molecule has 0 saturated carbocycles. The van der Waals surface area contributed by atoms with E-state index in [1.807, 2.05) is 0 Å². The van der Waals surface area contributed by atoms with Crippen molar-refractivity contribution in [2.24, 2.45) is 5.10 Å². The summed E-state index contributed by atoms with van der Waals surface area (Å²) in [7, 11) is 0. The molecule has 0 fully saturated rings. The molecule has 0 bridgehead atoms. The van der Waals surface area contributed by atoms with Crippen LogP contribution in [0.3, 0.4) is 0 Å². The molecule has 1 aliphatic rings. The largest absolute Gasteiger partial charge is 0.409 e. The van der Waals surface area contributed by atoms with Crippen LogP contribution < -0.4 is 0 Å². The van der Waals surface area contributed by atoms with Crippen molar-refractivity contribution < 1.29 is 9.40 Å². The number of hydrogen-bond donors (Lipinski definition) is 0. The van der Waals surface area contributed by atoms with Crippen LogP contribution in [0, 0.1) is 10.1 Å². The molecule has 0 N–H and O–H groups in total. The lowest BCUT2D eigenvalue weighted by molar-refractivity contribution is -0.582. The van der Waals surface area contributed by atoms with Gasteiger partial charge in [-0.3, -0.25) is 10.1 Å². The first kappa shape index (κ1) is 11.7. The zero-order valence-electron chi connectivity index (χ0n) is 8.67. The molecule has 1 heterocycles. The lowest BCUT2D eigenvalue weighted by atomic mass is 10.2. The summed E-state index contributed by atoms with van der Waals surface area (Å²) in [5, 5.41) is 15.3. The number of rotatable bonds is 6. The Hall–Kier alpha value is -1.40. The normalized spacial score (nSPS) is 20.0. The topological polar surface area (TPSA) is 62.0 Å². The van der Waals surface area contributed by atoms with E-state index in [0.29, 0.717) is 6.54 Å². The van der Waals surface area contributed by atoms with Crippen molar-refractivity contribution in [3.63, 3.8) is 0 Å². The number of hydrazone groups is 1. The number of hydrogen-bond acceptors (Lipinski definition) is 5. The average Bonchev–Trinajstić information content (AvgIpc) is 2.54. The SMILES string of the molecule is CCCCCCN1N=CN(F)C1[N+](=O)[O-]. The summed E-state index contributed by atoms with van der Waals surface area (Å²) < 4.78 is 12.9. The third kappa shape index (κ3) is 3.03. The van der Waals surface area contributed by atoms with Gasteiger partial charge in [-0.2, -0.15) is 5.10 Å². The van der Waals surface area contributed by atoms with Gasteiger partial charge < -0.3 is 0 Å². The molecule has 86 valence electrons. The number of unbranched alkanes of at least 4 members (excludes halogenated alkanes) is 3. The second-order valence-corrected chi connectivity index (χ2v) is 3.43. The molecule has 0 amide bonds. The van der Waals surface area contributed by atoms with Gasteiger partial charge in [0, 0.05) is 6.54 Å². The fourth-order valence-electron chi connectivity index (χ4n) is 1.43. The minimum Gasteiger partial charge on any atom is -0.261 e. The summed E-state index contributed by atoms with van der Waals surface area (Å²) in [5.74, 6) is 0. The second kappa shape index (κ2) is 5.47. The van der Waals surface area contributed by atoms with E-state index in [1.54, 1.807) is 0 Å². The maximum Gasteiger partial charge on any atom is 0.409 e. The Balaban J connectivity index is 2.34. The summed E-state index contributed by atoms with van der Waals surface area (Å²) in [5.41, 5.74) is 0. The maximum atomic E-state index is 12.9. The highest BCUT2D eigenvalue weighted by Gasteiger charge is 2.38. The summed E-state index contributed by atoms with van der Waals surface area (Å²) in [6.07, 6.45) is 3.32. The van der Waals surface area contributed by atoms with Gasteiger partial charge in [0.25, 0.3) is 0 Å². The van der Waals surface area contributed by atoms with Crippen molar-refractivity contribution in [1.82, 2.24) is 10.1 Å². The van der Waals surface area contributed by atoms with Crippen LogP contribution >= 0.6 is 0 Å². The van der Waals surface area contributed by atoms with Gasteiger partial charge in [0.1, 0.15) is 0 Å². The number of halogens is 1. The van der Waals surface area contributed by atoms with Crippen LogP contribution in [-0.2, 0) is 0 Å². The highest BCUT2D eigenvalue weighted by molar-refractivity contribution is 5.54. The van der Waals surface area contributed by atoms with Crippen LogP contribution in [0.5, 0.6) is 0 Å². The van der Waals surface area contributed by atoms with Crippen LogP contribution in [0.4, 0.5) is 4.48 Å². The van der Waals surface area contributed by atoms with Crippen LogP contribution in [0.1, 0.15) is 32.6 Å². The molecule has 0 saturated heterocycles. The van der Waals surface area contributed by atoms with Crippen molar-refractivity contribution in [3.05, 3.63) is 10.1 Å². The molecule has 1 atom stereocenters. The van der Waals surface area contributed by atoms with Crippen molar-refractivity contribution in [3.8, 4) is 0 Å². The molecule has 15 heavy (non-hydrogen) atoms. The molecule has 1 rings (SSSR count). The summed E-state index contributed by atoms with van der Waals surface area (Å²) in [6, 6.07) is 0. The molecule has 7 heteroatoms. The summed E-state index contributed by atoms with van der Waals surface area (Å²) in [6.45, 7) is 2.50. The van der Waals surface area contributed by atoms with E-state index in [4.69, 9.17) is 0 Å². The Morgan fingerprint density at radius 3 is 2.87 bits per heavy atom. The summed E-state index contributed by atoms with van der Waals surface area (Å²) >= 11 is 0. The van der Waals surface area contributed by atoms with E-state index in [9.17, 15) is 14.6 Å². The molecule has 1 unspecified atom stereocenters. The molecular weight excluding hydrogens is 203 g/mol. The highest BCUT2D eigenvalue weighted by Crippen LogP contribution is 2.14. The molecule has 0 aromatic heterocycles. The van der Waals surface area contributed by atoms with E-state index >= 15 is 0 Å². The third-order valence-electron chi connectivity index (χ3n) is 2.23. The first-order valence-electron chi connectivity index (χ1n) is 5.05. The maximum absolute atomic E-state index is 12.9. The van der Waals surface area contributed by atoms with Crippen molar-refractivity contribution in [2.75, 3.05) is 6.54 Å². The van der Waals surface area contributed by atoms with E-state index in [-0.39, 0.29) is 5.12 Å². The van der Waals surface area contributed by atoms with Gasteiger partial charge in [-0.1, -0.05) is 30.7 Å². The molecule has 6 nitrogen and oxygen atoms in total. The van der Waals surface area contributed by atoms with Crippen LogP contribution in [0.15, 0.2) is 5.10 Å². The Morgan fingerprint density at radius 2 is 2.27 bits per heavy atom. The van der Waals surface area contributed by atoms with Gasteiger partial charge in [-0.25, -0.2) is 5.01 Å². The zero-order chi connectivity index (χ0) is 11.3. The Kier molecular flexibility index (Phi) is 4.26. The van der Waals surface area contributed by atoms with Crippen molar-refractivity contribution in [1.29, 1.82) is 0 Å². The number of nitrogens with zero attached hydrogens (tertiary/aromatic N) is 4. The van der Waals surface area contributed by atoms with Gasteiger partial charge in [-0.15, -0.1) is 5.12 Å². The average molecular weight is 218 g/mol. The molecule has 0 aliphatic carbocycles. The molecular formula is C8H15FN4O2. The predicted molar refractivity (Wildman–Crippen MR) is 53.1 cm³/mol. The van der Waals surface area contributed by atoms with E-state index < -0.39 is 11.2 Å². The van der Waals surface area contributed by atoms with Crippen molar-refractivity contribution in [2.45, 2.75) is 38.9 Å². The molecule has 0 spiro atoms. The lowest BCUT2D eigenvalue weighted by Crippen LogP contribution is -2.42. The lowest BCUT2D eigenvalue weighted by Gasteiger charge is -2.17. The highest BCUT2D eigenvalue weighted by atomic mass is 19.2. The minimum atomic E-state index is -1.48. The van der Waals surface area contributed by atoms with Crippen LogP contribution in [0.2, 0.25) is 0 Å². The van der Waals surface area contributed by atoms with Crippen LogP contribution in [-0.4, -0.2) is 34.2 Å². The first-order chi connectivity index (χ1) is 7.16. The molecule has 0 aromatic carbocycles. The Bertz CT molecular complexity index is 249. The fraction of sp³-hybridized carbons (Fsp3) is 0.875. The van der Waals surface area contributed by atoms with E-state index in [1.165, 1.54) is 0 Å². The Labute approximate surface area is 87.4 Å². The second-order valence-electron chi connectivity index (χ2n) is 3.43. The zero-order valence-corrected chi connectivity index (χ0v) is 8.67. The molecule has 1 aliphatic heterocycles. The molecule has 0 radical (unpaired) electrons. The number of nitro groups is 1. The predicted octanol–water partition coefficient (Wildman–Crippen LogP) is 1.57. The quantitative estimate of drug-likeness (QED) is 0.294. The van der Waals surface area contributed by atoms with Gasteiger partial charge in [0.2, 0.25) is 0 Å². The first-order valence-corrected chi connectivity index (χ1v) is 5.05. The molecule has 0 aromatic rings. The third-order valence-corrected chi connectivity index (χ3v) is 2.23. The monoisotopic (exact) mass is 218 g/mol. The fourth-order valence-corrected chi connectivity index (χ4v) is 1.43. The minimum absolute atomic E-state index is 0.0137. The Morgan fingerprint density at radius 1 is 1.53 bits per heavy atom.